The van der Waals surface area contributed by atoms with E-state index in [-0.39, 0.29) is 18.0 Å². The molecule has 0 heterocycles. The minimum atomic E-state index is -0.00426. The van der Waals surface area contributed by atoms with Crippen LogP contribution in [0.2, 0.25) is 0 Å². The van der Waals surface area contributed by atoms with Crippen LogP contribution in [0.5, 0.6) is 0 Å². The molecule has 0 saturated carbocycles. The van der Waals surface area contributed by atoms with E-state index in [4.69, 9.17) is 0 Å². The van der Waals surface area contributed by atoms with Crippen LogP contribution in [0.15, 0.2) is 18.2 Å². The molecule has 0 atom stereocenters. The monoisotopic (exact) mass is 260 g/mol. The summed E-state index contributed by atoms with van der Waals surface area (Å²) in [7, 11) is 0. The first-order chi connectivity index (χ1) is 9.13. The lowest BCUT2D eigenvalue weighted by atomic mass is 9.92. The van der Waals surface area contributed by atoms with E-state index in [1.807, 2.05) is 32.0 Å². The maximum Gasteiger partial charge on any atom is 0.170 e. The molecule has 19 heavy (non-hydrogen) atoms. The number of aryl methyl sites for hydroxylation is 2. The van der Waals surface area contributed by atoms with E-state index in [1.54, 1.807) is 0 Å². The Morgan fingerprint density at radius 3 is 2.05 bits per heavy atom. The number of carbonyl (C=O) groups excluding carboxylic acids is 2. The summed E-state index contributed by atoms with van der Waals surface area (Å²) < 4.78 is 0. The van der Waals surface area contributed by atoms with Crippen molar-refractivity contribution >= 4 is 11.6 Å². The average Bonchev–Trinajstić information content (AvgIpc) is 2.43. The highest BCUT2D eigenvalue weighted by Gasteiger charge is 2.17. The molecule has 0 aliphatic rings. The number of carbonyl (C=O) groups is 2. The van der Waals surface area contributed by atoms with Gasteiger partial charge in [-0.25, -0.2) is 0 Å². The van der Waals surface area contributed by atoms with Crippen molar-refractivity contribution in [3.05, 3.63) is 34.9 Å². The topological polar surface area (TPSA) is 34.1 Å². The Morgan fingerprint density at radius 1 is 1.00 bits per heavy atom. The van der Waals surface area contributed by atoms with Gasteiger partial charge in [-0.2, -0.15) is 0 Å². The number of hydrogen-bond donors (Lipinski definition) is 0. The Labute approximate surface area is 116 Å². The summed E-state index contributed by atoms with van der Waals surface area (Å²) in [5, 5.41) is 0. The number of Topliss-reactive ketones (excluding diaryl/α,β-unsaturated/α-hetero) is 2. The number of unbranched alkanes of at least 4 members (excludes halogenated alkanes) is 1. The van der Waals surface area contributed by atoms with Gasteiger partial charge in [-0.05, 0) is 30.4 Å². The molecular weight excluding hydrogens is 236 g/mol. The van der Waals surface area contributed by atoms with Gasteiger partial charge in [0, 0.05) is 12.0 Å². The van der Waals surface area contributed by atoms with Crippen LogP contribution >= 0.6 is 0 Å². The van der Waals surface area contributed by atoms with Gasteiger partial charge in [-0.15, -0.1) is 0 Å². The molecule has 1 aromatic rings. The van der Waals surface area contributed by atoms with E-state index in [0.29, 0.717) is 6.42 Å². The molecule has 0 aliphatic heterocycles. The number of hydrogen-bond acceptors (Lipinski definition) is 2. The van der Waals surface area contributed by atoms with E-state index in [2.05, 4.69) is 6.92 Å². The fourth-order valence-electron chi connectivity index (χ4n) is 2.33. The lowest BCUT2D eigenvalue weighted by Gasteiger charge is -2.11. The zero-order valence-electron chi connectivity index (χ0n) is 12.3. The zero-order valence-corrected chi connectivity index (χ0v) is 12.3. The normalized spacial score (nSPS) is 10.5. The van der Waals surface area contributed by atoms with Crippen molar-refractivity contribution in [3.8, 4) is 0 Å². The first kappa shape index (κ1) is 15.6. The van der Waals surface area contributed by atoms with Crippen LogP contribution in [0, 0.1) is 0 Å². The van der Waals surface area contributed by atoms with Crippen LogP contribution in [0.25, 0.3) is 0 Å². The largest absolute Gasteiger partial charge is 0.299 e. The van der Waals surface area contributed by atoms with Crippen molar-refractivity contribution in [1.82, 2.24) is 0 Å². The van der Waals surface area contributed by atoms with Crippen molar-refractivity contribution < 1.29 is 9.59 Å². The summed E-state index contributed by atoms with van der Waals surface area (Å²) in [6, 6.07) is 5.97. The standard InChI is InChI=1S/C17H24O2/c1-4-7-11-15(18)12-16(19)17-13(5-2)9-8-10-14(17)6-3/h8-10H,4-7,11-12H2,1-3H3. The van der Waals surface area contributed by atoms with Crippen molar-refractivity contribution in [3.63, 3.8) is 0 Å². The van der Waals surface area contributed by atoms with Crippen molar-refractivity contribution in [2.45, 2.75) is 59.3 Å². The molecule has 1 aromatic carbocycles. The summed E-state index contributed by atoms with van der Waals surface area (Å²) in [4.78, 5) is 24.1. The Hall–Kier alpha value is -1.44. The Kier molecular flexibility index (Phi) is 6.48. The molecule has 0 bridgehead atoms. The van der Waals surface area contributed by atoms with E-state index >= 15 is 0 Å². The zero-order chi connectivity index (χ0) is 14.3. The maximum atomic E-state index is 12.4. The minimum absolute atomic E-state index is 0.00426. The summed E-state index contributed by atoms with van der Waals surface area (Å²) in [5.74, 6) is 0.0650. The van der Waals surface area contributed by atoms with E-state index in [9.17, 15) is 9.59 Å². The highest BCUT2D eigenvalue weighted by molar-refractivity contribution is 6.09. The Morgan fingerprint density at radius 2 is 1.58 bits per heavy atom. The average molecular weight is 260 g/mol. The smallest absolute Gasteiger partial charge is 0.170 e. The summed E-state index contributed by atoms with van der Waals surface area (Å²) in [6.07, 6.45) is 4.12. The molecule has 0 aliphatic carbocycles. The third-order valence-corrected chi connectivity index (χ3v) is 3.44. The molecule has 0 aromatic heterocycles. The molecule has 1 rings (SSSR count). The van der Waals surface area contributed by atoms with E-state index in [0.717, 1.165) is 42.4 Å². The van der Waals surface area contributed by atoms with Gasteiger partial charge in [-0.3, -0.25) is 9.59 Å². The van der Waals surface area contributed by atoms with E-state index < -0.39 is 0 Å². The molecule has 0 unspecified atom stereocenters. The molecule has 0 fully saturated rings. The molecule has 104 valence electrons. The van der Waals surface area contributed by atoms with Gasteiger partial charge in [0.1, 0.15) is 5.78 Å². The highest BCUT2D eigenvalue weighted by atomic mass is 16.1. The minimum Gasteiger partial charge on any atom is -0.299 e. The fourth-order valence-corrected chi connectivity index (χ4v) is 2.33. The second-order valence-electron chi connectivity index (χ2n) is 4.90. The quantitative estimate of drug-likeness (QED) is 0.520. The van der Waals surface area contributed by atoms with Gasteiger partial charge in [0.2, 0.25) is 0 Å². The SMILES string of the molecule is CCCCC(=O)CC(=O)c1c(CC)cccc1CC. The van der Waals surface area contributed by atoms with Crippen LogP contribution in [0.4, 0.5) is 0 Å². The second kappa shape index (κ2) is 7.88. The molecule has 0 saturated heterocycles. The van der Waals surface area contributed by atoms with Crippen molar-refractivity contribution in [2.24, 2.45) is 0 Å². The molecule has 2 heteroatoms. The third kappa shape index (κ3) is 4.30. The first-order valence-corrected chi connectivity index (χ1v) is 7.29. The number of benzene rings is 1. The van der Waals surface area contributed by atoms with E-state index in [1.165, 1.54) is 0 Å². The van der Waals surface area contributed by atoms with Gasteiger partial charge in [0.05, 0.1) is 6.42 Å². The lowest BCUT2D eigenvalue weighted by Crippen LogP contribution is -2.12. The first-order valence-electron chi connectivity index (χ1n) is 7.29. The number of rotatable bonds is 8. The van der Waals surface area contributed by atoms with Gasteiger partial charge in [0.25, 0.3) is 0 Å². The molecule has 0 spiro atoms. The maximum absolute atomic E-state index is 12.4. The fraction of sp³-hybridized carbons (Fsp3) is 0.529. The third-order valence-electron chi connectivity index (χ3n) is 3.44. The molecule has 0 radical (unpaired) electrons. The summed E-state index contributed by atoms with van der Waals surface area (Å²) in [6.45, 7) is 6.14. The molecule has 2 nitrogen and oxygen atoms in total. The van der Waals surface area contributed by atoms with Crippen LogP contribution in [0.3, 0.4) is 0 Å². The van der Waals surface area contributed by atoms with Crippen LogP contribution in [-0.2, 0) is 17.6 Å². The predicted octanol–water partition coefficient (Wildman–Crippen LogP) is 4.14. The molecular formula is C17H24O2. The van der Waals surface area contributed by atoms with Crippen LogP contribution in [-0.4, -0.2) is 11.6 Å². The van der Waals surface area contributed by atoms with Gasteiger partial charge < -0.3 is 0 Å². The molecule has 0 amide bonds. The summed E-state index contributed by atoms with van der Waals surface area (Å²) in [5.41, 5.74) is 2.91. The Bertz CT molecular complexity index is 424. The molecule has 0 N–H and O–H groups in total. The van der Waals surface area contributed by atoms with Crippen LogP contribution in [0.1, 0.15) is 67.9 Å². The Balaban J connectivity index is 2.89. The van der Waals surface area contributed by atoms with Gasteiger partial charge in [0.15, 0.2) is 5.78 Å². The second-order valence-corrected chi connectivity index (χ2v) is 4.90. The predicted molar refractivity (Wildman–Crippen MR) is 78.7 cm³/mol. The van der Waals surface area contributed by atoms with Crippen molar-refractivity contribution in [2.75, 3.05) is 0 Å². The van der Waals surface area contributed by atoms with Gasteiger partial charge >= 0.3 is 0 Å². The summed E-state index contributed by atoms with van der Waals surface area (Å²) >= 11 is 0. The van der Waals surface area contributed by atoms with Crippen LogP contribution < -0.4 is 0 Å². The highest BCUT2D eigenvalue weighted by Crippen LogP contribution is 2.19. The number of ketones is 2. The lowest BCUT2D eigenvalue weighted by molar-refractivity contribution is -0.118. The van der Waals surface area contributed by atoms with Crippen molar-refractivity contribution in [1.29, 1.82) is 0 Å². The van der Waals surface area contributed by atoms with Gasteiger partial charge in [-0.1, -0.05) is 45.4 Å².